The number of rotatable bonds is 9. The van der Waals surface area contributed by atoms with Crippen LogP contribution < -0.4 is 20.9 Å². The van der Waals surface area contributed by atoms with Gasteiger partial charge in [-0.1, -0.05) is 13.0 Å². The first-order chi connectivity index (χ1) is 12.5. The van der Waals surface area contributed by atoms with Crippen molar-refractivity contribution in [2.45, 2.75) is 19.4 Å². The zero-order valence-electron chi connectivity index (χ0n) is 14.9. The first kappa shape index (κ1) is 22.3. The van der Waals surface area contributed by atoms with E-state index in [-0.39, 0.29) is 31.5 Å². The summed E-state index contributed by atoms with van der Waals surface area (Å²) in [6.45, 7) is 2.02. The van der Waals surface area contributed by atoms with E-state index < -0.39 is 12.0 Å². The number of benzene rings is 2. The molecule has 0 aliphatic rings. The molecule has 0 spiro atoms. The average Bonchev–Trinajstić information content (AvgIpc) is 2.64. The van der Waals surface area contributed by atoms with Crippen LogP contribution in [-0.4, -0.2) is 30.1 Å². The summed E-state index contributed by atoms with van der Waals surface area (Å²) in [5.74, 6) is -0.695. The molecule has 0 saturated carbocycles. The molecule has 0 aromatic heterocycles. The molecule has 0 aliphatic heterocycles. The van der Waals surface area contributed by atoms with E-state index in [1.165, 1.54) is 0 Å². The fourth-order valence-corrected chi connectivity index (χ4v) is 2.54. The lowest BCUT2D eigenvalue weighted by atomic mass is 10.0. The van der Waals surface area contributed by atoms with Gasteiger partial charge in [-0.25, -0.2) is 0 Å². The number of aliphatic hydroxyl groups is 1. The Morgan fingerprint density at radius 2 is 1.96 bits per heavy atom. The number of hydrogen-bond donors (Lipinski definition) is 4. The predicted octanol–water partition coefficient (Wildman–Crippen LogP) is 1.23. The molecule has 0 fully saturated rings. The van der Waals surface area contributed by atoms with Crippen LogP contribution in [0.4, 0.5) is 5.69 Å². The van der Waals surface area contributed by atoms with Crippen LogP contribution in [0.15, 0.2) is 42.5 Å². The van der Waals surface area contributed by atoms with Crippen LogP contribution in [0.2, 0.25) is 0 Å². The van der Waals surface area contributed by atoms with E-state index in [4.69, 9.17) is 21.0 Å². The largest absolute Gasteiger partial charge is 0.548 e. The molecular weight excluding hydrogens is 370 g/mol. The fourth-order valence-electron chi connectivity index (χ4n) is 2.54. The number of aliphatic carboxylic acids is 1. The molecule has 0 aliphatic carbocycles. The van der Waals surface area contributed by atoms with Crippen LogP contribution in [0, 0.1) is 5.41 Å². The van der Waals surface area contributed by atoms with Crippen LogP contribution in [-0.2, 0) is 11.2 Å². The molecule has 27 heavy (non-hydrogen) atoms. The van der Waals surface area contributed by atoms with Crippen LogP contribution in [0.1, 0.15) is 29.7 Å². The van der Waals surface area contributed by atoms with Gasteiger partial charge in [0.15, 0.2) is 0 Å². The van der Waals surface area contributed by atoms with Crippen LogP contribution in [0.25, 0.3) is 0 Å². The predicted molar refractivity (Wildman–Crippen MR) is 104 cm³/mol. The van der Waals surface area contributed by atoms with Crippen molar-refractivity contribution in [3.8, 4) is 5.75 Å². The van der Waals surface area contributed by atoms with Gasteiger partial charge in [-0.05, 0) is 53.9 Å². The van der Waals surface area contributed by atoms with Crippen LogP contribution >= 0.6 is 12.4 Å². The molecule has 2 aromatic carbocycles. The number of aryl methyl sites for hydroxylation is 1. The lowest BCUT2D eigenvalue weighted by Crippen LogP contribution is -2.34. The number of amidine groups is 1. The summed E-state index contributed by atoms with van der Waals surface area (Å²) in [4.78, 5) is 11.6. The zero-order valence-corrected chi connectivity index (χ0v) is 15.7. The van der Waals surface area contributed by atoms with Gasteiger partial charge in [-0.2, -0.15) is 0 Å². The van der Waals surface area contributed by atoms with Crippen molar-refractivity contribution in [3.63, 3.8) is 0 Å². The standard InChI is InChI=1S/C19H23N3O4.ClH/c1-2-12-11-14(5-8-16(12)26-10-9-23)17(19(24)25)22-15-6-3-13(4-7-15)18(20)21;/h3-8,11,17,22-23H,2,9-10H2,1H3,(H3,20,21)(H,24,25);1H/p-1. The summed E-state index contributed by atoms with van der Waals surface area (Å²) in [5.41, 5.74) is 7.92. The topological polar surface area (TPSA) is 131 Å². The first-order valence-electron chi connectivity index (χ1n) is 8.24. The third kappa shape index (κ3) is 5.87. The van der Waals surface area contributed by atoms with Gasteiger partial charge in [-0.3, -0.25) is 5.41 Å². The number of aliphatic hydroxyl groups excluding tert-OH is 1. The van der Waals surface area contributed by atoms with Crippen molar-refractivity contribution < 1.29 is 19.7 Å². The number of carboxylic acid groups (broad SMARTS) is 1. The lowest BCUT2D eigenvalue weighted by Gasteiger charge is -2.23. The molecule has 5 N–H and O–H groups in total. The van der Waals surface area contributed by atoms with Crippen molar-refractivity contribution in [1.29, 1.82) is 5.41 Å². The smallest absolute Gasteiger partial charge is 0.122 e. The number of halogens is 1. The Morgan fingerprint density at radius 3 is 2.48 bits per heavy atom. The lowest BCUT2D eigenvalue weighted by molar-refractivity contribution is -0.307. The Hall–Kier alpha value is -2.77. The van der Waals surface area contributed by atoms with Gasteiger partial charge in [-0.15, -0.1) is 12.4 Å². The van der Waals surface area contributed by atoms with Crippen molar-refractivity contribution in [2.24, 2.45) is 5.73 Å². The average molecular weight is 393 g/mol. The Bertz CT molecular complexity index is 781. The highest BCUT2D eigenvalue weighted by Crippen LogP contribution is 2.26. The van der Waals surface area contributed by atoms with Gasteiger partial charge >= 0.3 is 0 Å². The van der Waals surface area contributed by atoms with Gasteiger partial charge in [0.1, 0.15) is 18.2 Å². The number of nitrogens with one attached hydrogen (secondary N) is 2. The summed E-state index contributed by atoms with van der Waals surface area (Å²) in [6, 6.07) is 10.7. The first-order valence-corrected chi connectivity index (χ1v) is 8.24. The van der Waals surface area contributed by atoms with Crippen LogP contribution in [0.3, 0.4) is 0 Å². The van der Waals surface area contributed by atoms with E-state index in [0.29, 0.717) is 29.0 Å². The molecule has 146 valence electrons. The number of nitrogens with two attached hydrogens (primary N) is 1. The van der Waals surface area contributed by atoms with Gasteiger partial charge in [0.2, 0.25) is 0 Å². The monoisotopic (exact) mass is 392 g/mol. The quantitative estimate of drug-likeness (QED) is 0.375. The van der Waals surface area contributed by atoms with Crippen molar-refractivity contribution >= 4 is 29.9 Å². The molecule has 0 bridgehead atoms. The van der Waals surface area contributed by atoms with Crippen molar-refractivity contribution in [3.05, 3.63) is 59.2 Å². The molecule has 1 atom stereocenters. The highest BCUT2D eigenvalue weighted by molar-refractivity contribution is 5.95. The number of hydrogen-bond acceptors (Lipinski definition) is 6. The van der Waals surface area contributed by atoms with E-state index in [0.717, 1.165) is 5.56 Å². The van der Waals surface area contributed by atoms with Gasteiger partial charge in [0.05, 0.1) is 18.6 Å². The molecule has 1 unspecified atom stereocenters. The molecule has 0 saturated heterocycles. The second-order valence-corrected chi connectivity index (χ2v) is 5.68. The normalized spacial score (nSPS) is 11.2. The van der Waals surface area contributed by atoms with Gasteiger partial charge < -0.3 is 30.8 Å². The molecule has 8 heteroatoms. The van der Waals surface area contributed by atoms with E-state index in [1.807, 2.05) is 6.92 Å². The number of ether oxygens (including phenoxy) is 1. The minimum atomic E-state index is -1.26. The van der Waals surface area contributed by atoms with E-state index >= 15 is 0 Å². The summed E-state index contributed by atoms with van der Waals surface area (Å²) >= 11 is 0. The molecular formula is C19H23ClN3O4-. The minimum absolute atomic E-state index is 0. The molecule has 2 rings (SSSR count). The Balaban J connectivity index is 0.00000364. The Labute approximate surface area is 164 Å². The maximum Gasteiger partial charge on any atom is 0.122 e. The fraction of sp³-hybridized carbons (Fsp3) is 0.263. The van der Waals surface area contributed by atoms with E-state index in [9.17, 15) is 9.90 Å². The summed E-state index contributed by atoms with van der Waals surface area (Å²) in [6.07, 6.45) is 0.654. The molecule has 0 heterocycles. The Morgan fingerprint density at radius 1 is 1.30 bits per heavy atom. The van der Waals surface area contributed by atoms with E-state index in [1.54, 1.807) is 42.5 Å². The molecule has 7 nitrogen and oxygen atoms in total. The molecule has 2 aromatic rings. The molecule has 0 amide bonds. The Kier molecular flexibility index (Phi) is 8.58. The van der Waals surface area contributed by atoms with Crippen molar-refractivity contribution in [2.75, 3.05) is 18.5 Å². The third-order valence-corrected chi connectivity index (χ3v) is 3.89. The minimum Gasteiger partial charge on any atom is -0.548 e. The summed E-state index contributed by atoms with van der Waals surface area (Å²) < 4.78 is 5.46. The number of carbonyl (C=O) groups is 1. The SMILES string of the molecule is CCc1cc(C(Nc2ccc(C(=N)N)cc2)C(=O)[O-])ccc1OCCO.Cl. The zero-order chi connectivity index (χ0) is 19.1. The number of anilines is 1. The third-order valence-electron chi connectivity index (χ3n) is 3.89. The molecule has 0 radical (unpaired) electrons. The van der Waals surface area contributed by atoms with Gasteiger partial charge in [0.25, 0.3) is 0 Å². The highest BCUT2D eigenvalue weighted by Gasteiger charge is 2.15. The second kappa shape index (κ2) is 10.4. The maximum absolute atomic E-state index is 11.6. The van der Waals surface area contributed by atoms with Gasteiger partial charge in [0, 0.05) is 11.3 Å². The number of carboxylic acids is 1. The summed E-state index contributed by atoms with van der Waals surface area (Å²) in [5, 5.41) is 30.8. The number of nitrogen functional groups attached to an aromatic ring is 1. The van der Waals surface area contributed by atoms with E-state index in [2.05, 4.69) is 5.32 Å². The van der Waals surface area contributed by atoms with Crippen molar-refractivity contribution in [1.82, 2.24) is 0 Å². The summed E-state index contributed by atoms with van der Waals surface area (Å²) in [7, 11) is 0. The van der Waals surface area contributed by atoms with Crippen LogP contribution in [0.5, 0.6) is 5.75 Å². The highest BCUT2D eigenvalue weighted by atomic mass is 35.5. The number of carbonyl (C=O) groups excluding carboxylic acids is 1. The second-order valence-electron chi connectivity index (χ2n) is 5.68. The maximum atomic E-state index is 11.6.